The fraction of sp³-hybridized carbons (Fsp3) is 0.300. The second kappa shape index (κ2) is 8.31. The fourth-order valence-corrected chi connectivity index (χ4v) is 4.67. The van der Waals surface area contributed by atoms with E-state index < -0.39 is 15.9 Å². The number of nitrogens with zero attached hydrogens (tertiary/aromatic N) is 2. The Balaban J connectivity index is 1.73. The molecular weight excluding hydrogens is 398 g/mol. The summed E-state index contributed by atoms with van der Waals surface area (Å²) in [4.78, 5) is 12.6. The molecule has 0 radical (unpaired) electrons. The molecule has 0 atom stereocenters. The molecule has 1 amide bonds. The van der Waals surface area contributed by atoms with E-state index in [1.807, 2.05) is 6.07 Å². The first-order valence-electron chi connectivity index (χ1n) is 8.92. The molecule has 1 aliphatic rings. The summed E-state index contributed by atoms with van der Waals surface area (Å²) in [6.45, 7) is 3.16. The second-order valence-electron chi connectivity index (χ2n) is 6.87. The number of benzene rings is 2. The molecule has 0 spiro atoms. The highest BCUT2D eigenvalue weighted by molar-refractivity contribution is 7.89. The number of hydrogen-bond donors (Lipinski definition) is 1. The number of piperidine rings is 1. The average Bonchev–Trinajstić information content (AvgIpc) is 2.70. The van der Waals surface area contributed by atoms with Crippen LogP contribution < -0.4 is 5.32 Å². The van der Waals surface area contributed by atoms with Crippen LogP contribution in [0.3, 0.4) is 0 Å². The minimum atomic E-state index is -3.55. The Bertz CT molecular complexity index is 1020. The molecule has 1 N–H and O–H groups in total. The number of sulfonamides is 1. The van der Waals surface area contributed by atoms with E-state index in [4.69, 9.17) is 16.9 Å². The van der Waals surface area contributed by atoms with E-state index in [1.54, 1.807) is 6.07 Å². The summed E-state index contributed by atoms with van der Waals surface area (Å²) in [7, 11) is -3.55. The van der Waals surface area contributed by atoms with Crippen LogP contribution in [0.2, 0.25) is 5.02 Å². The maximum absolute atomic E-state index is 12.8. The van der Waals surface area contributed by atoms with Crippen molar-refractivity contribution < 1.29 is 13.2 Å². The molecule has 0 bridgehead atoms. The predicted molar refractivity (Wildman–Crippen MR) is 108 cm³/mol. The van der Waals surface area contributed by atoms with Gasteiger partial charge in [-0.2, -0.15) is 9.57 Å². The van der Waals surface area contributed by atoms with Gasteiger partial charge in [0.2, 0.25) is 10.0 Å². The summed E-state index contributed by atoms with van der Waals surface area (Å²) in [6.07, 6.45) is 1.71. The zero-order valence-corrected chi connectivity index (χ0v) is 16.9. The number of carbonyl (C=O) groups is 1. The third kappa shape index (κ3) is 4.36. The van der Waals surface area contributed by atoms with Crippen molar-refractivity contribution in [1.82, 2.24) is 4.31 Å². The molecular formula is C20H20ClN3O3S. The van der Waals surface area contributed by atoms with Crippen LogP contribution in [0.15, 0.2) is 47.4 Å². The summed E-state index contributed by atoms with van der Waals surface area (Å²) in [5.41, 5.74) is 1.02. The molecule has 146 valence electrons. The molecule has 3 rings (SSSR count). The van der Waals surface area contributed by atoms with Crippen molar-refractivity contribution >= 4 is 33.2 Å². The third-order valence-corrected chi connectivity index (χ3v) is 7.08. The number of anilines is 1. The molecule has 0 aromatic heterocycles. The van der Waals surface area contributed by atoms with Crippen LogP contribution in [0.4, 0.5) is 5.69 Å². The van der Waals surface area contributed by atoms with E-state index >= 15 is 0 Å². The van der Waals surface area contributed by atoms with Crippen molar-refractivity contribution in [2.45, 2.75) is 24.7 Å². The Hall–Kier alpha value is -2.40. The molecule has 1 heterocycles. The lowest BCUT2D eigenvalue weighted by molar-refractivity contribution is 0.102. The molecule has 0 unspecified atom stereocenters. The number of carbonyl (C=O) groups excluding carboxylic acids is 1. The lowest BCUT2D eigenvalue weighted by Gasteiger charge is -2.29. The van der Waals surface area contributed by atoms with Gasteiger partial charge in [-0.15, -0.1) is 0 Å². The lowest BCUT2D eigenvalue weighted by Crippen LogP contribution is -2.37. The molecule has 0 aliphatic carbocycles. The number of nitriles is 1. The van der Waals surface area contributed by atoms with E-state index in [9.17, 15) is 13.2 Å². The van der Waals surface area contributed by atoms with Gasteiger partial charge in [-0.1, -0.05) is 18.5 Å². The van der Waals surface area contributed by atoms with Gasteiger partial charge in [0.15, 0.2) is 0 Å². The Morgan fingerprint density at radius 1 is 1.18 bits per heavy atom. The second-order valence-corrected chi connectivity index (χ2v) is 9.22. The normalized spacial score (nSPS) is 15.8. The Labute approximate surface area is 169 Å². The first-order valence-corrected chi connectivity index (χ1v) is 10.7. The number of halogens is 1. The van der Waals surface area contributed by atoms with Crippen LogP contribution in [0.25, 0.3) is 0 Å². The maximum atomic E-state index is 12.8. The Kier molecular flexibility index (Phi) is 6.04. The zero-order chi connectivity index (χ0) is 20.3. The minimum Gasteiger partial charge on any atom is -0.322 e. The fourth-order valence-electron chi connectivity index (χ4n) is 3.04. The van der Waals surface area contributed by atoms with Gasteiger partial charge in [-0.25, -0.2) is 8.42 Å². The summed E-state index contributed by atoms with van der Waals surface area (Å²) in [5, 5.41) is 12.0. The van der Waals surface area contributed by atoms with Crippen molar-refractivity contribution in [2.24, 2.45) is 5.92 Å². The molecule has 1 aliphatic heterocycles. The number of rotatable bonds is 4. The number of amides is 1. The van der Waals surface area contributed by atoms with E-state index in [-0.39, 0.29) is 10.5 Å². The monoisotopic (exact) mass is 417 g/mol. The predicted octanol–water partition coefficient (Wildman–Crippen LogP) is 3.88. The summed E-state index contributed by atoms with van der Waals surface area (Å²) < 4.78 is 27.0. The highest BCUT2D eigenvalue weighted by Gasteiger charge is 2.28. The first-order chi connectivity index (χ1) is 13.3. The number of nitrogens with one attached hydrogen (secondary N) is 1. The van der Waals surface area contributed by atoms with Gasteiger partial charge < -0.3 is 5.32 Å². The van der Waals surface area contributed by atoms with Crippen molar-refractivity contribution in [1.29, 1.82) is 5.26 Å². The largest absolute Gasteiger partial charge is 0.322 e. The SMILES string of the molecule is CC1CCN(S(=O)(=O)c2ccc(C(=O)Nc3ccc(Cl)c(C#N)c3)cc2)CC1. The highest BCUT2D eigenvalue weighted by atomic mass is 35.5. The van der Waals surface area contributed by atoms with Crippen LogP contribution >= 0.6 is 11.6 Å². The molecule has 2 aromatic carbocycles. The van der Waals surface area contributed by atoms with E-state index in [0.29, 0.717) is 35.3 Å². The zero-order valence-electron chi connectivity index (χ0n) is 15.4. The molecule has 2 aromatic rings. The molecule has 6 nitrogen and oxygen atoms in total. The van der Waals surface area contributed by atoms with Gasteiger partial charge >= 0.3 is 0 Å². The molecule has 28 heavy (non-hydrogen) atoms. The van der Waals surface area contributed by atoms with Crippen LogP contribution in [0, 0.1) is 17.2 Å². The van der Waals surface area contributed by atoms with E-state index in [2.05, 4.69) is 12.2 Å². The van der Waals surface area contributed by atoms with Gasteiger partial charge in [-0.3, -0.25) is 4.79 Å². The minimum absolute atomic E-state index is 0.178. The van der Waals surface area contributed by atoms with Gasteiger partial charge in [0.05, 0.1) is 15.5 Å². The quantitative estimate of drug-likeness (QED) is 0.817. The van der Waals surface area contributed by atoms with Crippen LogP contribution in [-0.4, -0.2) is 31.7 Å². The Morgan fingerprint density at radius 3 is 2.43 bits per heavy atom. The van der Waals surface area contributed by atoms with Crippen LogP contribution in [-0.2, 0) is 10.0 Å². The van der Waals surface area contributed by atoms with E-state index in [0.717, 1.165) is 12.8 Å². The van der Waals surface area contributed by atoms with Crippen molar-refractivity contribution in [2.75, 3.05) is 18.4 Å². The standard InChI is InChI=1S/C20H20ClN3O3S/c1-14-8-10-24(11-9-14)28(26,27)18-5-2-15(3-6-18)20(25)23-17-4-7-19(21)16(12-17)13-22/h2-7,12,14H,8-11H2,1H3,(H,23,25). The van der Waals surface area contributed by atoms with E-state index in [1.165, 1.54) is 40.7 Å². The van der Waals surface area contributed by atoms with Crippen LogP contribution in [0.1, 0.15) is 35.7 Å². The topological polar surface area (TPSA) is 90.3 Å². The first kappa shape index (κ1) is 20.3. The summed E-state index contributed by atoms with van der Waals surface area (Å²) in [6, 6.07) is 12.4. The van der Waals surface area contributed by atoms with Gasteiger partial charge in [0, 0.05) is 24.3 Å². The maximum Gasteiger partial charge on any atom is 0.255 e. The lowest BCUT2D eigenvalue weighted by atomic mass is 10.0. The van der Waals surface area contributed by atoms with Gasteiger partial charge in [0.25, 0.3) is 5.91 Å². The average molecular weight is 418 g/mol. The smallest absolute Gasteiger partial charge is 0.255 e. The van der Waals surface area contributed by atoms with Crippen molar-refractivity contribution in [3.63, 3.8) is 0 Å². The molecule has 1 saturated heterocycles. The van der Waals surface area contributed by atoms with Crippen molar-refractivity contribution in [3.05, 3.63) is 58.6 Å². The Morgan fingerprint density at radius 2 is 1.82 bits per heavy atom. The van der Waals surface area contributed by atoms with Gasteiger partial charge in [0.1, 0.15) is 6.07 Å². The summed E-state index contributed by atoms with van der Waals surface area (Å²) in [5.74, 6) is 0.133. The highest BCUT2D eigenvalue weighted by Crippen LogP contribution is 2.24. The van der Waals surface area contributed by atoms with Crippen LogP contribution in [0.5, 0.6) is 0 Å². The number of hydrogen-bond acceptors (Lipinski definition) is 4. The van der Waals surface area contributed by atoms with Gasteiger partial charge in [-0.05, 0) is 61.2 Å². The van der Waals surface area contributed by atoms with Crippen molar-refractivity contribution in [3.8, 4) is 6.07 Å². The molecule has 0 saturated carbocycles. The third-order valence-electron chi connectivity index (χ3n) is 4.84. The molecule has 8 heteroatoms. The summed E-state index contributed by atoms with van der Waals surface area (Å²) >= 11 is 5.89. The molecule has 1 fully saturated rings.